The molecule has 1 aromatic carbocycles. The molecule has 0 aliphatic heterocycles. The van der Waals surface area contributed by atoms with Crippen molar-refractivity contribution in [1.29, 1.82) is 5.26 Å². The monoisotopic (exact) mass is 323 g/mol. The van der Waals surface area contributed by atoms with Gasteiger partial charge in [-0.3, -0.25) is 4.79 Å². The van der Waals surface area contributed by atoms with E-state index in [9.17, 15) is 13.6 Å². The van der Waals surface area contributed by atoms with Gasteiger partial charge < -0.3 is 9.72 Å². The van der Waals surface area contributed by atoms with Crippen molar-refractivity contribution in [3.05, 3.63) is 39.7 Å². The van der Waals surface area contributed by atoms with Crippen molar-refractivity contribution >= 4 is 11.8 Å². The van der Waals surface area contributed by atoms with E-state index >= 15 is 0 Å². The Morgan fingerprint density at radius 1 is 1.41 bits per heavy atom. The van der Waals surface area contributed by atoms with E-state index in [1.165, 1.54) is 0 Å². The fraction of sp³-hybridized carbons (Fsp3) is 0.214. The van der Waals surface area contributed by atoms with Gasteiger partial charge in [0.05, 0.1) is 12.2 Å². The first-order chi connectivity index (χ1) is 10.5. The van der Waals surface area contributed by atoms with Crippen LogP contribution in [0.25, 0.3) is 11.3 Å². The van der Waals surface area contributed by atoms with E-state index in [-0.39, 0.29) is 23.2 Å². The zero-order valence-corrected chi connectivity index (χ0v) is 12.6. The molecule has 0 bridgehead atoms. The van der Waals surface area contributed by atoms with Crippen molar-refractivity contribution in [2.24, 2.45) is 0 Å². The van der Waals surface area contributed by atoms with E-state index in [4.69, 9.17) is 10.00 Å². The molecule has 22 heavy (non-hydrogen) atoms. The van der Waals surface area contributed by atoms with Crippen LogP contribution >= 0.6 is 11.8 Å². The zero-order chi connectivity index (χ0) is 16.3. The fourth-order valence-corrected chi connectivity index (χ4v) is 2.24. The number of nitrogens with zero attached hydrogens (tertiary/aromatic N) is 2. The van der Waals surface area contributed by atoms with E-state index in [1.54, 1.807) is 19.2 Å². The summed E-state index contributed by atoms with van der Waals surface area (Å²) in [5.74, 6) is -1.88. The summed E-state index contributed by atoms with van der Waals surface area (Å²) in [4.78, 5) is 18.1. The molecule has 0 unspecified atom stereocenters. The van der Waals surface area contributed by atoms with Gasteiger partial charge in [0.15, 0.2) is 5.16 Å². The maximum atomic E-state index is 14.2. The number of thioether (sulfide) groups is 1. The Morgan fingerprint density at radius 2 is 2.05 bits per heavy atom. The normalized spacial score (nSPS) is 10.3. The molecule has 0 radical (unpaired) electrons. The Bertz CT molecular complexity index is 792. The second kappa shape index (κ2) is 6.58. The molecule has 2 aromatic rings. The molecule has 0 spiro atoms. The van der Waals surface area contributed by atoms with Crippen molar-refractivity contribution in [3.63, 3.8) is 0 Å². The number of halogens is 2. The van der Waals surface area contributed by atoms with Crippen molar-refractivity contribution in [2.75, 3.05) is 12.9 Å². The zero-order valence-electron chi connectivity index (χ0n) is 11.7. The van der Waals surface area contributed by atoms with Crippen LogP contribution in [0.2, 0.25) is 0 Å². The number of rotatable bonds is 4. The van der Waals surface area contributed by atoms with Gasteiger partial charge in [-0.05, 0) is 13.2 Å². The lowest BCUT2D eigenvalue weighted by atomic mass is 10.1. The van der Waals surface area contributed by atoms with Crippen LogP contribution in [0.1, 0.15) is 12.5 Å². The van der Waals surface area contributed by atoms with Gasteiger partial charge in [-0.2, -0.15) is 5.26 Å². The molecule has 114 valence electrons. The molecule has 0 saturated heterocycles. The Labute approximate surface area is 129 Å². The number of aromatic amines is 1. The van der Waals surface area contributed by atoms with Crippen LogP contribution in [0, 0.1) is 23.0 Å². The minimum atomic E-state index is -0.954. The Kier molecular flexibility index (Phi) is 4.78. The summed E-state index contributed by atoms with van der Waals surface area (Å²) >= 11 is 1.09. The number of nitrogens with one attached hydrogen (secondary N) is 1. The van der Waals surface area contributed by atoms with Gasteiger partial charge in [0.2, 0.25) is 0 Å². The average Bonchev–Trinajstić information content (AvgIpc) is 2.46. The first-order valence-corrected chi connectivity index (χ1v) is 7.44. The fourth-order valence-electron chi connectivity index (χ4n) is 1.86. The van der Waals surface area contributed by atoms with Gasteiger partial charge in [-0.25, -0.2) is 13.8 Å². The second-order valence-electron chi connectivity index (χ2n) is 4.11. The van der Waals surface area contributed by atoms with Gasteiger partial charge in [0, 0.05) is 12.1 Å². The smallest absolute Gasteiger partial charge is 0.270 e. The third-order valence-electron chi connectivity index (χ3n) is 2.77. The lowest BCUT2D eigenvalue weighted by Gasteiger charge is -2.10. The average molecular weight is 323 g/mol. The maximum absolute atomic E-state index is 14.2. The molecule has 0 fully saturated rings. The quantitative estimate of drug-likeness (QED) is 0.691. The number of benzene rings is 1. The van der Waals surface area contributed by atoms with E-state index in [2.05, 4.69) is 9.97 Å². The number of nitriles is 1. The SMILES string of the molecule is CCOc1cc(F)c(-c2nc(SC)[nH]c(=O)c2C#N)c(F)c1. The van der Waals surface area contributed by atoms with Crippen molar-refractivity contribution < 1.29 is 13.5 Å². The van der Waals surface area contributed by atoms with Crippen molar-refractivity contribution in [1.82, 2.24) is 9.97 Å². The molecule has 2 rings (SSSR count). The highest BCUT2D eigenvalue weighted by atomic mass is 32.2. The van der Waals surface area contributed by atoms with Gasteiger partial charge in [-0.15, -0.1) is 0 Å². The Morgan fingerprint density at radius 3 is 2.55 bits per heavy atom. The van der Waals surface area contributed by atoms with E-state index in [0.29, 0.717) is 0 Å². The summed E-state index contributed by atoms with van der Waals surface area (Å²) in [7, 11) is 0. The van der Waals surface area contributed by atoms with Crippen LogP contribution in [0.3, 0.4) is 0 Å². The first-order valence-electron chi connectivity index (χ1n) is 6.22. The van der Waals surface area contributed by atoms with E-state index < -0.39 is 28.3 Å². The molecule has 0 amide bonds. The topological polar surface area (TPSA) is 78.8 Å². The first kappa shape index (κ1) is 16.0. The third kappa shape index (κ3) is 2.94. The van der Waals surface area contributed by atoms with E-state index in [0.717, 1.165) is 23.9 Å². The summed E-state index contributed by atoms with van der Waals surface area (Å²) in [5.41, 5.74) is -2.04. The van der Waals surface area contributed by atoms with Gasteiger partial charge in [0.1, 0.15) is 34.7 Å². The van der Waals surface area contributed by atoms with Crippen LogP contribution in [0.5, 0.6) is 5.75 Å². The maximum Gasteiger partial charge on any atom is 0.270 e. The number of hydrogen-bond donors (Lipinski definition) is 1. The molecular weight excluding hydrogens is 312 g/mol. The lowest BCUT2D eigenvalue weighted by Crippen LogP contribution is -2.15. The molecule has 1 heterocycles. The van der Waals surface area contributed by atoms with Gasteiger partial charge >= 0.3 is 0 Å². The molecule has 8 heteroatoms. The summed E-state index contributed by atoms with van der Waals surface area (Å²) in [6.45, 7) is 1.93. The highest BCUT2D eigenvalue weighted by Gasteiger charge is 2.21. The van der Waals surface area contributed by atoms with Crippen LogP contribution in [-0.2, 0) is 0 Å². The molecule has 5 nitrogen and oxygen atoms in total. The second-order valence-corrected chi connectivity index (χ2v) is 4.90. The molecular formula is C14H11F2N3O2S. The summed E-state index contributed by atoms with van der Waals surface area (Å²) in [5, 5.41) is 9.22. The summed E-state index contributed by atoms with van der Waals surface area (Å²) < 4.78 is 33.5. The standard InChI is InChI=1S/C14H11F2N3O2S/c1-3-21-7-4-9(15)11(10(16)5-7)12-8(6-17)13(20)19-14(18-12)22-2/h4-5H,3H2,1-2H3,(H,18,19,20). The van der Waals surface area contributed by atoms with Gasteiger partial charge in [0.25, 0.3) is 5.56 Å². The molecule has 1 aromatic heterocycles. The highest BCUT2D eigenvalue weighted by molar-refractivity contribution is 7.98. The molecule has 0 aliphatic carbocycles. The summed E-state index contributed by atoms with van der Waals surface area (Å²) in [6.07, 6.45) is 1.64. The van der Waals surface area contributed by atoms with Gasteiger partial charge in [-0.1, -0.05) is 11.8 Å². The molecule has 0 atom stereocenters. The van der Waals surface area contributed by atoms with Crippen LogP contribution in [-0.4, -0.2) is 22.8 Å². The number of ether oxygens (including phenoxy) is 1. The minimum absolute atomic E-state index is 0.0229. The number of H-pyrrole nitrogens is 1. The third-order valence-corrected chi connectivity index (χ3v) is 3.35. The van der Waals surface area contributed by atoms with E-state index in [1.807, 2.05) is 0 Å². The Balaban J connectivity index is 2.74. The largest absolute Gasteiger partial charge is 0.494 e. The number of aromatic nitrogens is 2. The van der Waals surface area contributed by atoms with Crippen LogP contribution < -0.4 is 10.3 Å². The number of hydrogen-bond acceptors (Lipinski definition) is 5. The predicted octanol–water partition coefficient (Wildman–Crippen LogP) is 2.71. The Hall–Kier alpha value is -2.40. The molecule has 1 N–H and O–H groups in total. The molecule has 0 saturated carbocycles. The van der Waals surface area contributed by atoms with Crippen LogP contribution in [0.4, 0.5) is 8.78 Å². The summed E-state index contributed by atoms with van der Waals surface area (Å²) in [6, 6.07) is 3.61. The highest BCUT2D eigenvalue weighted by Crippen LogP contribution is 2.30. The van der Waals surface area contributed by atoms with Crippen molar-refractivity contribution in [2.45, 2.75) is 12.1 Å². The van der Waals surface area contributed by atoms with Crippen LogP contribution in [0.15, 0.2) is 22.1 Å². The lowest BCUT2D eigenvalue weighted by molar-refractivity contribution is 0.336. The predicted molar refractivity (Wildman–Crippen MR) is 77.9 cm³/mol. The van der Waals surface area contributed by atoms with Crippen molar-refractivity contribution in [3.8, 4) is 23.1 Å². The minimum Gasteiger partial charge on any atom is -0.494 e. The molecule has 0 aliphatic rings.